The van der Waals surface area contributed by atoms with Gasteiger partial charge in [-0.1, -0.05) is 6.58 Å². The summed E-state index contributed by atoms with van der Waals surface area (Å²) in [6.45, 7) is 3.48. The van der Waals surface area contributed by atoms with Crippen LogP contribution in [0.2, 0.25) is 0 Å². The Balaban J connectivity index is 2.44. The van der Waals surface area contributed by atoms with Crippen molar-refractivity contribution in [3.63, 3.8) is 0 Å². The molecule has 0 unspecified atom stereocenters. The number of carbonyl (C=O) groups is 1. The molecular weight excluding hydrogens is 164 g/mol. The van der Waals surface area contributed by atoms with E-state index in [1.54, 1.807) is 4.90 Å². The SMILES string of the molecule is C=CC(=O)N(C)C1CCC(N)CC1. The maximum absolute atomic E-state index is 11.3. The Bertz CT molecular complexity index is 195. The number of amides is 1. The van der Waals surface area contributed by atoms with Crippen molar-refractivity contribution in [1.29, 1.82) is 0 Å². The van der Waals surface area contributed by atoms with Crippen LogP contribution in [0.5, 0.6) is 0 Å². The van der Waals surface area contributed by atoms with E-state index < -0.39 is 0 Å². The van der Waals surface area contributed by atoms with Crippen molar-refractivity contribution < 1.29 is 4.79 Å². The summed E-state index contributed by atoms with van der Waals surface area (Å²) in [5, 5.41) is 0. The van der Waals surface area contributed by atoms with Gasteiger partial charge in [0.1, 0.15) is 0 Å². The van der Waals surface area contributed by atoms with Gasteiger partial charge in [0, 0.05) is 19.1 Å². The van der Waals surface area contributed by atoms with Crippen molar-refractivity contribution in [2.45, 2.75) is 37.8 Å². The predicted octanol–water partition coefficient (Wildman–Crippen LogP) is 0.901. The summed E-state index contributed by atoms with van der Waals surface area (Å²) in [5.41, 5.74) is 5.78. The molecular formula is C10H18N2O. The van der Waals surface area contributed by atoms with Gasteiger partial charge in [0.15, 0.2) is 0 Å². The van der Waals surface area contributed by atoms with E-state index in [1.807, 2.05) is 7.05 Å². The van der Waals surface area contributed by atoms with E-state index in [2.05, 4.69) is 6.58 Å². The van der Waals surface area contributed by atoms with Crippen LogP contribution in [-0.4, -0.2) is 29.9 Å². The van der Waals surface area contributed by atoms with E-state index >= 15 is 0 Å². The number of nitrogens with zero attached hydrogens (tertiary/aromatic N) is 1. The monoisotopic (exact) mass is 182 g/mol. The van der Waals surface area contributed by atoms with E-state index in [9.17, 15) is 4.79 Å². The minimum absolute atomic E-state index is 0.0143. The number of hydrogen-bond acceptors (Lipinski definition) is 2. The van der Waals surface area contributed by atoms with Crippen LogP contribution in [0.15, 0.2) is 12.7 Å². The van der Waals surface area contributed by atoms with Gasteiger partial charge in [-0.15, -0.1) is 0 Å². The third-order valence-electron chi connectivity index (χ3n) is 2.81. The normalized spacial score (nSPS) is 28.2. The molecule has 2 N–H and O–H groups in total. The van der Waals surface area contributed by atoms with Gasteiger partial charge in [-0.3, -0.25) is 4.79 Å². The molecule has 0 aliphatic heterocycles. The summed E-state index contributed by atoms with van der Waals surface area (Å²) in [4.78, 5) is 13.0. The van der Waals surface area contributed by atoms with Gasteiger partial charge in [0.2, 0.25) is 5.91 Å². The van der Waals surface area contributed by atoms with Gasteiger partial charge >= 0.3 is 0 Å². The zero-order valence-corrected chi connectivity index (χ0v) is 8.20. The van der Waals surface area contributed by atoms with E-state index in [-0.39, 0.29) is 5.91 Å². The van der Waals surface area contributed by atoms with Gasteiger partial charge in [0.25, 0.3) is 0 Å². The minimum Gasteiger partial charge on any atom is -0.339 e. The Morgan fingerprint density at radius 2 is 2.00 bits per heavy atom. The molecule has 0 heterocycles. The smallest absolute Gasteiger partial charge is 0.245 e. The molecule has 1 aliphatic rings. The second kappa shape index (κ2) is 4.42. The number of hydrogen-bond donors (Lipinski definition) is 1. The number of rotatable bonds is 2. The standard InChI is InChI=1S/C10H18N2O/c1-3-10(13)12(2)9-6-4-8(11)5-7-9/h3,8-9H,1,4-7,11H2,2H3. The van der Waals surface area contributed by atoms with Crippen LogP contribution in [0.25, 0.3) is 0 Å². The minimum atomic E-state index is 0.0143. The number of carbonyl (C=O) groups excluding carboxylic acids is 1. The topological polar surface area (TPSA) is 46.3 Å². The Kier molecular flexibility index (Phi) is 3.48. The highest BCUT2D eigenvalue weighted by Gasteiger charge is 2.23. The summed E-state index contributed by atoms with van der Waals surface area (Å²) < 4.78 is 0. The van der Waals surface area contributed by atoms with Crippen LogP contribution in [0.1, 0.15) is 25.7 Å². The average molecular weight is 182 g/mol. The lowest BCUT2D eigenvalue weighted by Crippen LogP contribution is -2.41. The molecule has 0 radical (unpaired) electrons. The second-order valence-corrected chi connectivity index (χ2v) is 3.72. The van der Waals surface area contributed by atoms with Crippen LogP contribution in [0.4, 0.5) is 0 Å². The molecule has 1 saturated carbocycles. The quantitative estimate of drug-likeness (QED) is 0.645. The number of likely N-dealkylation sites (N-methyl/N-ethyl adjacent to an activating group) is 1. The van der Waals surface area contributed by atoms with Crippen molar-refractivity contribution in [2.75, 3.05) is 7.05 Å². The molecule has 0 atom stereocenters. The highest BCUT2D eigenvalue weighted by Crippen LogP contribution is 2.21. The lowest BCUT2D eigenvalue weighted by molar-refractivity contribution is -0.127. The molecule has 1 fully saturated rings. The summed E-state index contributed by atoms with van der Waals surface area (Å²) in [5.74, 6) is 0.0143. The molecule has 0 spiro atoms. The Morgan fingerprint density at radius 1 is 1.46 bits per heavy atom. The molecule has 0 saturated heterocycles. The van der Waals surface area contributed by atoms with Crippen LogP contribution >= 0.6 is 0 Å². The lowest BCUT2D eigenvalue weighted by atomic mass is 9.91. The number of nitrogens with two attached hydrogens (primary N) is 1. The van der Waals surface area contributed by atoms with Crippen molar-refractivity contribution in [3.05, 3.63) is 12.7 Å². The molecule has 0 aromatic carbocycles. The first-order chi connectivity index (χ1) is 6.15. The summed E-state index contributed by atoms with van der Waals surface area (Å²) in [6.07, 6.45) is 5.47. The molecule has 3 nitrogen and oxygen atoms in total. The van der Waals surface area contributed by atoms with Crippen molar-refractivity contribution in [2.24, 2.45) is 5.73 Å². The molecule has 1 aliphatic carbocycles. The maximum atomic E-state index is 11.3. The van der Waals surface area contributed by atoms with Crippen LogP contribution in [0, 0.1) is 0 Å². The molecule has 0 bridgehead atoms. The molecule has 1 amide bonds. The lowest BCUT2D eigenvalue weighted by Gasteiger charge is -2.32. The molecule has 1 rings (SSSR count). The van der Waals surface area contributed by atoms with Crippen LogP contribution in [-0.2, 0) is 4.79 Å². The second-order valence-electron chi connectivity index (χ2n) is 3.72. The summed E-state index contributed by atoms with van der Waals surface area (Å²) in [7, 11) is 1.84. The van der Waals surface area contributed by atoms with Gasteiger partial charge in [-0.2, -0.15) is 0 Å². The summed E-state index contributed by atoms with van der Waals surface area (Å²) in [6, 6.07) is 0.703. The van der Waals surface area contributed by atoms with Crippen molar-refractivity contribution >= 4 is 5.91 Å². The average Bonchev–Trinajstić information content (AvgIpc) is 2.17. The van der Waals surface area contributed by atoms with Crippen molar-refractivity contribution in [1.82, 2.24) is 4.90 Å². The fraction of sp³-hybridized carbons (Fsp3) is 0.700. The van der Waals surface area contributed by atoms with E-state index in [4.69, 9.17) is 5.73 Å². The molecule has 0 aromatic heterocycles. The van der Waals surface area contributed by atoms with E-state index in [0.717, 1.165) is 25.7 Å². The molecule has 13 heavy (non-hydrogen) atoms. The molecule has 74 valence electrons. The third kappa shape index (κ3) is 2.56. The molecule has 0 aromatic rings. The fourth-order valence-electron chi connectivity index (χ4n) is 1.81. The zero-order valence-electron chi connectivity index (χ0n) is 8.20. The van der Waals surface area contributed by atoms with E-state index in [1.165, 1.54) is 6.08 Å². The van der Waals surface area contributed by atoms with Crippen LogP contribution < -0.4 is 5.73 Å². The fourth-order valence-corrected chi connectivity index (χ4v) is 1.81. The van der Waals surface area contributed by atoms with Crippen LogP contribution in [0.3, 0.4) is 0 Å². The van der Waals surface area contributed by atoms with Gasteiger partial charge in [0.05, 0.1) is 0 Å². The van der Waals surface area contributed by atoms with E-state index in [0.29, 0.717) is 12.1 Å². The molecule has 3 heteroatoms. The Morgan fingerprint density at radius 3 is 2.46 bits per heavy atom. The summed E-state index contributed by atoms with van der Waals surface area (Å²) >= 11 is 0. The largest absolute Gasteiger partial charge is 0.339 e. The third-order valence-corrected chi connectivity index (χ3v) is 2.81. The predicted molar refractivity (Wildman–Crippen MR) is 53.2 cm³/mol. The highest BCUT2D eigenvalue weighted by molar-refractivity contribution is 5.87. The van der Waals surface area contributed by atoms with Gasteiger partial charge < -0.3 is 10.6 Å². The first-order valence-electron chi connectivity index (χ1n) is 4.80. The Hall–Kier alpha value is -0.830. The Labute approximate surface area is 79.6 Å². The first-order valence-corrected chi connectivity index (χ1v) is 4.80. The van der Waals surface area contributed by atoms with Crippen molar-refractivity contribution in [3.8, 4) is 0 Å². The first kappa shape index (κ1) is 10.3. The maximum Gasteiger partial charge on any atom is 0.245 e. The highest BCUT2D eigenvalue weighted by atomic mass is 16.2. The van der Waals surface area contributed by atoms with Gasteiger partial charge in [-0.05, 0) is 31.8 Å². The van der Waals surface area contributed by atoms with Gasteiger partial charge in [-0.25, -0.2) is 0 Å². The zero-order chi connectivity index (χ0) is 9.84.